The minimum atomic E-state index is -4.36. The van der Waals surface area contributed by atoms with Crippen molar-refractivity contribution in [2.75, 3.05) is 7.11 Å². The third-order valence-electron chi connectivity index (χ3n) is 5.54. The van der Waals surface area contributed by atoms with Crippen LogP contribution >= 0.6 is 11.3 Å². The Morgan fingerprint density at radius 1 is 1.18 bits per heavy atom. The Balaban J connectivity index is 1.80. The minimum Gasteiger partial charge on any atom is -0.497 e. The summed E-state index contributed by atoms with van der Waals surface area (Å²) in [5.41, 5.74) is 2.91. The van der Waals surface area contributed by atoms with Crippen molar-refractivity contribution in [2.45, 2.75) is 29.7 Å². The molecule has 1 aliphatic rings. The van der Waals surface area contributed by atoms with Crippen LogP contribution in [0.4, 0.5) is 0 Å². The van der Waals surface area contributed by atoms with Crippen LogP contribution in [0, 0.1) is 0 Å². The number of amides is 1. The molecule has 4 rings (SSSR count). The zero-order valence-electron chi connectivity index (χ0n) is 17.5. The normalized spacial score (nSPS) is 17.9. The average Bonchev–Trinajstić information content (AvgIpc) is 3.22. The maximum absolute atomic E-state index is 13.4. The SMILES string of the molecule is COc1ccc(S(=O)(=O)N2Cc3scc(Cc4ccccc4)c3C(O)(O)C2C(=O)NO)cc1. The number of hydrogen-bond donors (Lipinski definition) is 4. The molecule has 1 unspecified atom stereocenters. The molecule has 1 aliphatic heterocycles. The molecule has 3 aromatic rings. The number of nitrogens with one attached hydrogen (secondary N) is 1. The van der Waals surface area contributed by atoms with Gasteiger partial charge in [0.15, 0.2) is 6.04 Å². The molecule has 0 saturated carbocycles. The van der Waals surface area contributed by atoms with Gasteiger partial charge >= 0.3 is 0 Å². The molecule has 0 bridgehead atoms. The third kappa shape index (κ3) is 4.14. The van der Waals surface area contributed by atoms with Crippen molar-refractivity contribution in [3.63, 3.8) is 0 Å². The van der Waals surface area contributed by atoms with Gasteiger partial charge in [0.1, 0.15) is 5.75 Å². The molecule has 0 radical (unpaired) electrons. The van der Waals surface area contributed by atoms with Gasteiger partial charge in [-0.1, -0.05) is 30.3 Å². The van der Waals surface area contributed by atoms with Crippen LogP contribution in [0.2, 0.25) is 0 Å². The van der Waals surface area contributed by atoms with Crippen LogP contribution in [0.15, 0.2) is 64.9 Å². The highest BCUT2D eigenvalue weighted by atomic mass is 32.2. The molecule has 0 aliphatic carbocycles. The lowest BCUT2D eigenvalue weighted by atomic mass is 9.89. The molecule has 1 amide bonds. The number of hydroxylamine groups is 1. The molecule has 1 atom stereocenters. The maximum Gasteiger partial charge on any atom is 0.267 e. The third-order valence-corrected chi connectivity index (χ3v) is 8.39. The first-order valence-corrected chi connectivity index (χ1v) is 12.2. The van der Waals surface area contributed by atoms with E-state index in [0.717, 1.165) is 5.56 Å². The number of hydrogen-bond acceptors (Lipinski definition) is 8. The number of aliphatic hydroxyl groups is 2. The number of benzene rings is 2. The average molecular weight is 491 g/mol. The van der Waals surface area contributed by atoms with E-state index in [1.165, 1.54) is 48.2 Å². The Labute approximate surface area is 194 Å². The fourth-order valence-electron chi connectivity index (χ4n) is 3.99. The lowest BCUT2D eigenvalue weighted by Crippen LogP contribution is -2.62. The van der Waals surface area contributed by atoms with Crippen molar-refractivity contribution < 1.29 is 33.4 Å². The highest BCUT2D eigenvalue weighted by Gasteiger charge is 2.55. The molecule has 11 heteroatoms. The highest BCUT2D eigenvalue weighted by Crippen LogP contribution is 2.43. The first-order chi connectivity index (χ1) is 15.7. The van der Waals surface area contributed by atoms with Crippen LogP contribution in [0.1, 0.15) is 21.6 Å². The Hall–Kier alpha value is -2.80. The topological polar surface area (TPSA) is 136 Å². The lowest BCUT2D eigenvalue weighted by Gasteiger charge is -2.41. The van der Waals surface area contributed by atoms with Crippen molar-refractivity contribution in [1.82, 2.24) is 9.79 Å². The molecule has 0 spiro atoms. The minimum absolute atomic E-state index is 0.0751. The van der Waals surface area contributed by atoms with E-state index >= 15 is 0 Å². The fraction of sp³-hybridized carbons (Fsp3) is 0.227. The van der Waals surface area contributed by atoms with Crippen LogP contribution in [-0.4, -0.2) is 47.2 Å². The molecule has 1 aromatic heterocycles. The van der Waals surface area contributed by atoms with Crippen molar-refractivity contribution in [1.29, 1.82) is 0 Å². The Morgan fingerprint density at radius 2 is 1.85 bits per heavy atom. The molecule has 33 heavy (non-hydrogen) atoms. The number of nitrogens with zero attached hydrogens (tertiary/aromatic N) is 1. The van der Waals surface area contributed by atoms with Gasteiger partial charge in [-0.2, -0.15) is 4.31 Å². The molecule has 9 nitrogen and oxygen atoms in total. The summed E-state index contributed by atoms with van der Waals surface area (Å²) in [7, 11) is -2.92. The second kappa shape index (κ2) is 8.86. The van der Waals surface area contributed by atoms with Gasteiger partial charge in [0, 0.05) is 17.0 Å². The summed E-state index contributed by atoms with van der Waals surface area (Å²) < 4.78 is 32.6. The number of methoxy groups -OCH3 is 1. The van der Waals surface area contributed by atoms with Gasteiger partial charge in [0.05, 0.1) is 12.0 Å². The Kier molecular flexibility index (Phi) is 6.27. The van der Waals surface area contributed by atoms with Crippen LogP contribution in [0.3, 0.4) is 0 Å². The number of rotatable bonds is 6. The number of fused-ring (bicyclic) bond motifs is 1. The smallest absolute Gasteiger partial charge is 0.267 e. The van der Waals surface area contributed by atoms with Gasteiger partial charge in [-0.15, -0.1) is 11.3 Å². The predicted octanol–water partition coefficient (Wildman–Crippen LogP) is 1.56. The molecule has 0 saturated heterocycles. The van der Waals surface area contributed by atoms with Crippen LogP contribution in [0.5, 0.6) is 5.75 Å². The number of carbonyl (C=O) groups excluding carboxylic acids is 1. The standard InChI is InChI=1S/C22H22N2O7S2/c1-31-16-7-9-17(10-8-16)33(29,30)24-12-18-19(22(26,27)20(24)21(25)23-28)15(13-32-18)11-14-5-3-2-4-6-14/h2-10,13,20,26-28H,11-12H2,1H3,(H,23,25). The van der Waals surface area contributed by atoms with E-state index in [2.05, 4.69) is 0 Å². The van der Waals surface area contributed by atoms with E-state index in [9.17, 15) is 28.6 Å². The van der Waals surface area contributed by atoms with E-state index in [-0.39, 0.29) is 17.0 Å². The van der Waals surface area contributed by atoms with Crippen molar-refractivity contribution in [3.8, 4) is 5.75 Å². The number of thiophene rings is 1. The maximum atomic E-state index is 13.4. The number of sulfonamides is 1. The molecular formula is C22H22N2O7S2. The zero-order valence-corrected chi connectivity index (χ0v) is 19.1. The summed E-state index contributed by atoms with van der Waals surface area (Å²) in [6.45, 7) is -0.274. The fourth-order valence-corrected chi connectivity index (χ4v) is 6.75. The quantitative estimate of drug-likeness (QED) is 0.234. The van der Waals surface area contributed by atoms with E-state index in [1.807, 2.05) is 30.3 Å². The second-order valence-corrected chi connectivity index (χ2v) is 10.4. The number of ether oxygens (including phenoxy) is 1. The molecule has 0 fully saturated rings. The predicted molar refractivity (Wildman–Crippen MR) is 119 cm³/mol. The zero-order chi connectivity index (χ0) is 23.8. The molecule has 2 aromatic carbocycles. The van der Waals surface area contributed by atoms with Gasteiger partial charge in [0.2, 0.25) is 15.8 Å². The monoisotopic (exact) mass is 490 g/mol. The van der Waals surface area contributed by atoms with Crippen LogP contribution in [-0.2, 0) is 33.6 Å². The summed E-state index contributed by atoms with van der Waals surface area (Å²) in [4.78, 5) is 12.8. The Morgan fingerprint density at radius 3 is 2.45 bits per heavy atom. The van der Waals surface area contributed by atoms with E-state index in [1.54, 1.807) is 5.38 Å². The van der Waals surface area contributed by atoms with Gasteiger partial charge in [-0.3, -0.25) is 10.0 Å². The molecule has 4 N–H and O–H groups in total. The summed E-state index contributed by atoms with van der Waals surface area (Å²) in [5, 5.41) is 33.3. The Bertz CT molecular complexity index is 1260. The van der Waals surface area contributed by atoms with E-state index in [4.69, 9.17) is 4.74 Å². The van der Waals surface area contributed by atoms with E-state index < -0.39 is 27.8 Å². The summed E-state index contributed by atoms with van der Waals surface area (Å²) in [6, 6.07) is 12.8. The van der Waals surface area contributed by atoms with E-state index in [0.29, 0.717) is 26.9 Å². The second-order valence-electron chi connectivity index (χ2n) is 7.55. The summed E-state index contributed by atoms with van der Waals surface area (Å²) in [6.07, 6.45) is 0.355. The summed E-state index contributed by atoms with van der Waals surface area (Å²) >= 11 is 1.18. The first-order valence-electron chi connectivity index (χ1n) is 9.88. The van der Waals surface area contributed by atoms with Crippen LogP contribution in [0.25, 0.3) is 0 Å². The van der Waals surface area contributed by atoms with Gasteiger partial charge < -0.3 is 14.9 Å². The van der Waals surface area contributed by atoms with Crippen molar-refractivity contribution in [3.05, 3.63) is 81.5 Å². The van der Waals surface area contributed by atoms with Gasteiger partial charge in [0.25, 0.3) is 5.91 Å². The highest BCUT2D eigenvalue weighted by molar-refractivity contribution is 7.89. The number of carbonyl (C=O) groups is 1. The lowest BCUT2D eigenvalue weighted by molar-refractivity contribution is -0.216. The molecular weight excluding hydrogens is 468 g/mol. The van der Waals surface area contributed by atoms with Crippen molar-refractivity contribution >= 4 is 27.3 Å². The first kappa shape index (κ1) is 23.4. The van der Waals surface area contributed by atoms with Gasteiger partial charge in [-0.25, -0.2) is 13.9 Å². The van der Waals surface area contributed by atoms with Crippen LogP contribution < -0.4 is 10.2 Å². The van der Waals surface area contributed by atoms with Gasteiger partial charge in [-0.05, 0) is 47.2 Å². The molecule has 2 heterocycles. The largest absolute Gasteiger partial charge is 0.497 e. The van der Waals surface area contributed by atoms with Crippen molar-refractivity contribution in [2.24, 2.45) is 0 Å². The molecule has 174 valence electrons. The summed E-state index contributed by atoms with van der Waals surface area (Å²) in [5.74, 6) is -3.72.